The van der Waals surface area contributed by atoms with E-state index in [1.165, 1.54) is 0 Å². The summed E-state index contributed by atoms with van der Waals surface area (Å²) in [5, 5.41) is 9.96. The zero-order valence-corrected chi connectivity index (χ0v) is 17.1. The summed E-state index contributed by atoms with van der Waals surface area (Å²) in [6.07, 6.45) is 2.31. The van der Waals surface area contributed by atoms with Crippen molar-refractivity contribution in [2.45, 2.75) is 26.3 Å². The highest BCUT2D eigenvalue weighted by Crippen LogP contribution is 2.19. The fraction of sp³-hybridized carbons (Fsp3) is 0.318. The Morgan fingerprint density at radius 1 is 1.14 bits per heavy atom. The molecule has 0 bridgehead atoms. The average molecular weight is 393 g/mol. The Hall–Kier alpha value is -3.35. The SMILES string of the molecule is CCCCN(C)c1ccc(C(=O)NCc2nc(-c3ccc(OC)cc3)n[nH]2)cc1. The number of nitrogens with one attached hydrogen (secondary N) is 2. The second-order valence-corrected chi connectivity index (χ2v) is 6.84. The van der Waals surface area contributed by atoms with E-state index in [2.05, 4.69) is 39.4 Å². The lowest BCUT2D eigenvalue weighted by Crippen LogP contribution is -2.23. The lowest BCUT2D eigenvalue weighted by atomic mass is 10.2. The molecular formula is C22H27N5O2. The van der Waals surface area contributed by atoms with Gasteiger partial charge < -0.3 is 15.0 Å². The summed E-state index contributed by atoms with van der Waals surface area (Å²) in [4.78, 5) is 19.1. The zero-order chi connectivity index (χ0) is 20.6. The molecule has 1 aromatic heterocycles. The zero-order valence-electron chi connectivity index (χ0n) is 17.1. The second-order valence-electron chi connectivity index (χ2n) is 6.84. The van der Waals surface area contributed by atoms with Crippen LogP contribution < -0.4 is 15.0 Å². The first-order valence-electron chi connectivity index (χ1n) is 9.75. The largest absolute Gasteiger partial charge is 0.497 e. The van der Waals surface area contributed by atoms with E-state index in [0.29, 0.717) is 17.2 Å². The number of H-pyrrole nitrogens is 1. The van der Waals surface area contributed by atoms with E-state index in [4.69, 9.17) is 4.74 Å². The Kier molecular flexibility index (Phi) is 6.84. The maximum atomic E-state index is 12.4. The summed E-state index contributed by atoms with van der Waals surface area (Å²) < 4.78 is 5.16. The number of carbonyl (C=O) groups excluding carboxylic acids is 1. The van der Waals surface area contributed by atoms with Gasteiger partial charge in [0.2, 0.25) is 0 Å². The molecule has 0 radical (unpaired) electrons. The van der Waals surface area contributed by atoms with Gasteiger partial charge in [-0.3, -0.25) is 9.89 Å². The van der Waals surface area contributed by atoms with Gasteiger partial charge >= 0.3 is 0 Å². The fourth-order valence-electron chi connectivity index (χ4n) is 2.90. The minimum atomic E-state index is -0.143. The second kappa shape index (κ2) is 9.73. The summed E-state index contributed by atoms with van der Waals surface area (Å²) >= 11 is 0. The topological polar surface area (TPSA) is 83.1 Å². The molecule has 2 aromatic carbocycles. The van der Waals surface area contributed by atoms with Gasteiger partial charge in [-0.25, -0.2) is 4.98 Å². The molecule has 0 spiro atoms. The van der Waals surface area contributed by atoms with Crippen molar-refractivity contribution >= 4 is 11.6 Å². The predicted molar refractivity (Wildman–Crippen MR) is 114 cm³/mol. The molecule has 152 valence electrons. The van der Waals surface area contributed by atoms with Crippen LogP contribution in [0.3, 0.4) is 0 Å². The summed E-state index contributed by atoms with van der Waals surface area (Å²) in [5.74, 6) is 1.81. The molecule has 3 rings (SSSR count). The number of ether oxygens (including phenoxy) is 1. The van der Waals surface area contributed by atoms with Gasteiger partial charge in [-0.15, -0.1) is 0 Å². The van der Waals surface area contributed by atoms with Gasteiger partial charge in [0.15, 0.2) is 5.82 Å². The monoisotopic (exact) mass is 393 g/mol. The Balaban J connectivity index is 1.56. The van der Waals surface area contributed by atoms with Crippen molar-refractivity contribution in [3.63, 3.8) is 0 Å². The molecule has 7 heteroatoms. The lowest BCUT2D eigenvalue weighted by Gasteiger charge is -2.19. The highest BCUT2D eigenvalue weighted by atomic mass is 16.5. The number of nitrogens with zero attached hydrogens (tertiary/aromatic N) is 3. The molecule has 1 amide bonds. The summed E-state index contributed by atoms with van der Waals surface area (Å²) in [7, 11) is 3.69. The van der Waals surface area contributed by atoms with Crippen molar-refractivity contribution < 1.29 is 9.53 Å². The van der Waals surface area contributed by atoms with Crippen molar-refractivity contribution in [3.8, 4) is 17.1 Å². The number of carbonyl (C=O) groups is 1. The first-order chi connectivity index (χ1) is 14.1. The van der Waals surface area contributed by atoms with Crippen LogP contribution in [0, 0.1) is 0 Å². The van der Waals surface area contributed by atoms with Crippen LogP contribution in [0.5, 0.6) is 5.75 Å². The number of hydrogen-bond acceptors (Lipinski definition) is 5. The smallest absolute Gasteiger partial charge is 0.251 e. The van der Waals surface area contributed by atoms with Gasteiger partial charge in [-0.05, 0) is 55.0 Å². The van der Waals surface area contributed by atoms with E-state index in [-0.39, 0.29) is 12.5 Å². The molecule has 0 unspecified atom stereocenters. The quantitative estimate of drug-likeness (QED) is 0.580. The molecule has 1 heterocycles. The van der Waals surface area contributed by atoms with Crippen molar-refractivity contribution in [2.75, 3.05) is 25.6 Å². The summed E-state index contributed by atoms with van der Waals surface area (Å²) in [6.45, 7) is 3.46. The number of anilines is 1. The van der Waals surface area contributed by atoms with Crippen LogP contribution in [0.15, 0.2) is 48.5 Å². The first-order valence-corrected chi connectivity index (χ1v) is 9.75. The van der Waals surface area contributed by atoms with Gasteiger partial charge in [-0.2, -0.15) is 5.10 Å². The van der Waals surface area contributed by atoms with Crippen LogP contribution >= 0.6 is 0 Å². The highest BCUT2D eigenvalue weighted by Gasteiger charge is 2.10. The van der Waals surface area contributed by atoms with E-state index in [0.717, 1.165) is 36.4 Å². The molecule has 0 atom stereocenters. The Morgan fingerprint density at radius 3 is 2.52 bits per heavy atom. The molecule has 7 nitrogen and oxygen atoms in total. The molecule has 0 aliphatic carbocycles. The third kappa shape index (κ3) is 5.34. The van der Waals surface area contributed by atoms with Gasteiger partial charge in [0.25, 0.3) is 5.91 Å². The van der Waals surface area contributed by atoms with Crippen LogP contribution in [0.2, 0.25) is 0 Å². The molecule has 0 saturated carbocycles. The first kappa shape index (κ1) is 20.4. The normalized spacial score (nSPS) is 10.6. The number of aromatic nitrogens is 3. The van der Waals surface area contributed by atoms with E-state index < -0.39 is 0 Å². The number of rotatable bonds is 9. The van der Waals surface area contributed by atoms with Gasteiger partial charge in [0.05, 0.1) is 13.7 Å². The van der Waals surface area contributed by atoms with Crippen LogP contribution in [0.1, 0.15) is 35.9 Å². The maximum Gasteiger partial charge on any atom is 0.251 e. The number of methoxy groups -OCH3 is 1. The number of hydrogen-bond donors (Lipinski definition) is 2. The standard InChI is InChI=1S/C22H27N5O2/c1-4-5-14-27(2)18-10-6-17(7-11-18)22(28)23-15-20-24-21(26-25-20)16-8-12-19(29-3)13-9-16/h6-13H,4-5,14-15H2,1-3H3,(H,23,28)(H,24,25,26). The molecular weight excluding hydrogens is 366 g/mol. The van der Waals surface area contributed by atoms with E-state index in [9.17, 15) is 4.79 Å². The van der Waals surface area contributed by atoms with E-state index >= 15 is 0 Å². The Labute approximate surface area is 171 Å². The molecule has 0 aliphatic heterocycles. The average Bonchev–Trinajstić information content (AvgIpc) is 3.25. The van der Waals surface area contributed by atoms with Crippen molar-refractivity contribution in [3.05, 3.63) is 59.9 Å². The maximum absolute atomic E-state index is 12.4. The number of aromatic amines is 1. The summed E-state index contributed by atoms with van der Waals surface area (Å²) in [6, 6.07) is 15.1. The summed E-state index contributed by atoms with van der Waals surface area (Å²) in [5.41, 5.74) is 2.60. The van der Waals surface area contributed by atoms with Crippen LogP contribution in [0.4, 0.5) is 5.69 Å². The highest BCUT2D eigenvalue weighted by molar-refractivity contribution is 5.94. The molecule has 0 fully saturated rings. The minimum Gasteiger partial charge on any atom is -0.497 e. The predicted octanol–water partition coefficient (Wildman–Crippen LogP) is 3.65. The molecule has 3 aromatic rings. The molecule has 0 saturated heterocycles. The van der Waals surface area contributed by atoms with E-state index in [1.54, 1.807) is 7.11 Å². The van der Waals surface area contributed by atoms with Crippen LogP contribution in [0.25, 0.3) is 11.4 Å². The van der Waals surface area contributed by atoms with Crippen LogP contribution in [-0.4, -0.2) is 41.8 Å². The van der Waals surface area contributed by atoms with Gasteiger partial charge in [0.1, 0.15) is 11.6 Å². The van der Waals surface area contributed by atoms with Crippen molar-refractivity contribution in [2.24, 2.45) is 0 Å². The van der Waals surface area contributed by atoms with Gasteiger partial charge in [0, 0.05) is 30.4 Å². The van der Waals surface area contributed by atoms with Gasteiger partial charge in [-0.1, -0.05) is 13.3 Å². The third-order valence-corrected chi connectivity index (χ3v) is 4.71. The van der Waals surface area contributed by atoms with Crippen molar-refractivity contribution in [1.82, 2.24) is 20.5 Å². The van der Waals surface area contributed by atoms with Crippen molar-refractivity contribution in [1.29, 1.82) is 0 Å². The molecule has 29 heavy (non-hydrogen) atoms. The number of benzene rings is 2. The fourth-order valence-corrected chi connectivity index (χ4v) is 2.90. The Morgan fingerprint density at radius 2 is 1.86 bits per heavy atom. The molecule has 2 N–H and O–H groups in total. The lowest BCUT2D eigenvalue weighted by molar-refractivity contribution is 0.0950. The Bertz CT molecular complexity index is 919. The van der Waals surface area contributed by atoms with Crippen LogP contribution in [-0.2, 0) is 6.54 Å². The van der Waals surface area contributed by atoms with E-state index in [1.807, 2.05) is 48.5 Å². The molecule has 0 aliphatic rings. The minimum absolute atomic E-state index is 0.143. The number of unbranched alkanes of at least 4 members (excludes halogenated alkanes) is 1. The number of amides is 1. The third-order valence-electron chi connectivity index (χ3n) is 4.71.